The minimum atomic E-state index is -3.99. The summed E-state index contributed by atoms with van der Waals surface area (Å²) in [5.41, 5.74) is 3.48. The zero-order valence-corrected chi connectivity index (χ0v) is 19.2. The van der Waals surface area contributed by atoms with Crippen molar-refractivity contribution in [2.24, 2.45) is 0 Å². The molecule has 1 fully saturated rings. The van der Waals surface area contributed by atoms with E-state index in [2.05, 4.69) is 4.98 Å². The second-order valence-corrected chi connectivity index (χ2v) is 9.46. The van der Waals surface area contributed by atoms with E-state index in [4.69, 9.17) is 10.5 Å². The molecule has 0 spiro atoms. The van der Waals surface area contributed by atoms with Crippen molar-refractivity contribution < 1.29 is 22.3 Å². The van der Waals surface area contributed by atoms with Crippen LogP contribution < -0.4 is 21.9 Å². The molecule has 1 aromatic heterocycles. The number of benzene rings is 1. The van der Waals surface area contributed by atoms with Crippen molar-refractivity contribution in [2.45, 2.75) is 31.2 Å². The quantitative estimate of drug-likeness (QED) is 0.578. The van der Waals surface area contributed by atoms with E-state index in [0.29, 0.717) is 6.42 Å². The molecule has 0 unspecified atom stereocenters. The minimum Gasteiger partial charge on any atom is -0.383 e. The van der Waals surface area contributed by atoms with Crippen LogP contribution >= 0.6 is 0 Å². The predicted molar refractivity (Wildman–Crippen MR) is 119 cm³/mol. The first-order valence-corrected chi connectivity index (χ1v) is 11.8. The Hall–Kier alpha value is -3.03. The molecule has 1 aromatic carbocycles. The SMILES string of the molecule is CCCCn1c(N)c(N(C)C(=O)c2cc(S(=O)(=O)N3CCOCC3)ccc2F)c(=O)[nH]c1=O. The number of H-pyrrole nitrogens is 1. The summed E-state index contributed by atoms with van der Waals surface area (Å²) < 4.78 is 47.9. The number of unbranched alkanes of at least 4 members (excludes halogenated alkanes) is 1. The number of aromatic nitrogens is 2. The lowest BCUT2D eigenvalue weighted by Gasteiger charge is -2.26. The molecule has 3 N–H and O–H groups in total. The zero-order chi connectivity index (χ0) is 24.3. The van der Waals surface area contributed by atoms with Crippen molar-refractivity contribution in [1.82, 2.24) is 13.9 Å². The van der Waals surface area contributed by atoms with Gasteiger partial charge in [-0.3, -0.25) is 19.1 Å². The lowest BCUT2D eigenvalue weighted by Crippen LogP contribution is -2.41. The zero-order valence-electron chi connectivity index (χ0n) is 18.3. The highest BCUT2D eigenvalue weighted by atomic mass is 32.2. The van der Waals surface area contributed by atoms with Crippen molar-refractivity contribution in [2.75, 3.05) is 44.0 Å². The summed E-state index contributed by atoms with van der Waals surface area (Å²) in [6.45, 7) is 2.84. The van der Waals surface area contributed by atoms with Crippen molar-refractivity contribution in [3.63, 3.8) is 0 Å². The van der Waals surface area contributed by atoms with Crippen molar-refractivity contribution >= 4 is 27.4 Å². The number of carbonyl (C=O) groups excluding carboxylic acids is 1. The second kappa shape index (κ2) is 9.85. The Bertz CT molecular complexity index is 1270. The standard InChI is InChI=1S/C20H26FN5O6S/c1-3-4-7-26-17(22)16(18(27)23-20(26)29)24(2)19(28)14-12-13(5-6-15(14)21)33(30,31)25-8-10-32-11-9-25/h5-6,12H,3-4,7-11,22H2,1-2H3,(H,23,27,29). The van der Waals surface area contributed by atoms with Crippen LogP contribution in [0.2, 0.25) is 0 Å². The number of nitrogens with one attached hydrogen (secondary N) is 1. The number of nitrogen functional groups attached to an aromatic ring is 1. The lowest BCUT2D eigenvalue weighted by molar-refractivity contribution is 0.0730. The first-order valence-electron chi connectivity index (χ1n) is 10.4. The molecule has 0 bridgehead atoms. The van der Waals surface area contributed by atoms with E-state index in [9.17, 15) is 27.2 Å². The van der Waals surface area contributed by atoms with Crippen LogP contribution in [0.4, 0.5) is 15.9 Å². The number of hydrogen-bond donors (Lipinski definition) is 2. The minimum absolute atomic E-state index is 0.133. The van der Waals surface area contributed by atoms with E-state index in [1.54, 1.807) is 0 Å². The fourth-order valence-electron chi connectivity index (χ4n) is 3.49. The molecule has 2 aromatic rings. The summed E-state index contributed by atoms with van der Waals surface area (Å²) >= 11 is 0. The molecule has 1 aliphatic rings. The van der Waals surface area contributed by atoms with Gasteiger partial charge in [-0.15, -0.1) is 0 Å². The summed E-state index contributed by atoms with van der Waals surface area (Å²) in [6.07, 6.45) is 1.36. The molecule has 0 radical (unpaired) electrons. The van der Waals surface area contributed by atoms with E-state index in [1.165, 1.54) is 11.4 Å². The highest BCUT2D eigenvalue weighted by molar-refractivity contribution is 7.89. The van der Waals surface area contributed by atoms with E-state index in [1.807, 2.05) is 6.92 Å². The van der Waals surface area contributed by atoms with Gasteiger partial charge in [-0.05, 0) is 24.6 Å². The van der Waals surface area contributed by atoms with Crippen molar-refractivity contribution in [3.05, 3.63) is 50.4 Å². The normalized spacial score (nSPS) is 14.9. The molecule has 1 aliphatic heterocycles. The molecule has 0 saturated carbocycles. The Morgan fingerprint density at radius 3 is 2.58 bits per heavy atom. The number of morpholine rings is 1. The molecular formula is C20H26FN5O6S. The molecule has 33 heavy (non-hydrogen) atoms. The first-order chi connectivity index (χ1) is 15.6. The Morgan fingerprint density at radius 2 is 1.94 bits per heavy atom. The van der Waals surface area contributed by atoms with Crippen molar-refractivity contribution in [1.29, 1.82) is 0 Å². The third-order valence-electron chi connectivity index (χ3n) is 5.37. The fourth-order valence-corrected chi connectivity index (χ4v) is 4.92. The molecule has 3 rings (SSSR count). The summed E-state index contributed by atoms with van der Waals surface area (Å²) in [5, 5.41) is 0. The summed E-state index contributed by atoms with van der Waals surface area (Å²) in [6, 6.07) is 2.88. The van der Waals surface area contributed by atoms with Gasteiger partial charge < -0.3 is 15.4 Å². The third-order valence-corrected chi connectivity index (χ3v) is 7.26. The Morgan fingerprint density at radius 1 is 1.27 bits per heavy atom. The lowest BCUT2D eigenvalue weighted by atomic mass is 10.2. The molecule has 13 heteroatoms. The molecule has 0 atom stereocenters. The Kier molecular flexibility index (Phi) is 7.34. The number of amides is 1. The van der Waals surface area contributed by atoms with Gasteiger partial charge in [0.25, 0.3) is 11.5 Å². The summed E-state index contributed by atoms with van der Waals surface area (Å²) in [4.78, 5) is 40.3. The van der Waals surface area contributed by atoms with Gasteiger partial charge in [0.15, 0.2) is 5.69 Å². The average Bonchev–Trinajstić information content (AvgIpc) is 2.79. The van der Waals surface area contributed by atoms with E-state index < -0.39 is 38.6 Å². The first kappa shape index (κ1) is 24.6. The van der Waals surface area contributed by atoms with E-state index >= 15 is 0 Å². The van der Waals surface area contributed by atoms with Crippen LogP contribution in [0.15, 0.2) is 32.7 Å². The average molecular weight is 484 g/mol. The van der Waals surface area contributed by atoms with Gasteiger partial charge in [-0.1, -0.05) is 13.3 Å². The van der Waals surface area contributed by atoms with Crippen LogP contribution in [0.25, 0.3) is 0 Å². The second-order valence-electron chi connectivity index (χ2n) is 7.52. The smallest absolute Gasteiger partial charge is 0.330 e. The van der Waals surface area contributed by atoms with Gasteiger partial charge in [0.2, 0.25) is 10.0 Å². The van der Waals surface area contributed by atoms with Crippen LogP contribution in [-0.4, -0.2) is 61.5 Å². The third kappa shape index (κ3) is 4.84. The number of sulfonamides is 1. The van der Waals surface area contributed by atoms with Gasteiger partial charge in [-0.2, -0.15) is 4.31 Å². The van der Waals surface area contributed by atoms with Crippen LogP contribution in [-0.2, 0) is 21.3 Å². The number of nitrogens with zero attached hydrogens (tertiary/aromatic N) is 3. The molecule has 11 nitrogen and oxygen atoms in total. The van der Waals surface area contributed by atoms with Crippen molar-refractivity contribution in [3.8, 4) is 0 Å². The highest BCUT2D eigenvalue weighted by Gasteiger charge is 2.29. The molecule has 1 amide bonds. The van der Waals surface area contributed by atoms with Crippen LogP contribution in [0, 0.1) is 5.82 Å². The summed E-state index contributed by atoms with van der Waals surface area (Å²) in [5.74, 6) is -2.21. The number of halogens is 1. The number of ether oxygens (including phenoxy) is 1. The predicted octanol–water partition coefficient (Wildman–Crippen LogP) is 0.356. The number of carbonyl (C=O) groups is 1. The maximum Gasteiger partial charge on any atom is 0.330 e. The molecule has 1 saturated heterocycles. The largest absolute Gasteiger partial charge is 0.383 e. The summed E-state index contributed by atoms with van der Waals surface area (Å²) in [7, 11) is -2.79. The maximum atomic E-state index is 14.6. The van der Waals surface area contributed by atoms with Gasteiger partial charge in [0.1, 0.15) is 11.6 Å². The Balaban J connectivity index is 2.02. The Labute approximate surface area is 189 Å². The molecule has 2 heterocycles. The number of hydrogen-bond acceptors (Lipinski definition) is 7. The number of anilines is 2. The molecule has 180 valence electrons. The maximum absolute atomic E-state index is 14.6. The number of rotatable bonds is 7. The van der Waals surface area contributed by atoms with E-state index in [-0.39, 0.29) is 49.2 Å². The van der Waals surface area contributed by atoms with Gasteiger partial charge >= 0.3 is 5.69 Å². The highest BCUT2D eigenvalue weighted by Crippen LogP contribution is 2.23. The monoisotopic (exact) mass is 483 g/mol. The molecule has 0 aliphatic carbocycles. The van der Waals surface area contributed by atoms with Crippen LogP contribution in [0.1, 0.15) is 30.1 Å². The van der Waals surface area contributed by atoms with E-state index in [0.717, 1.165) is 34.1 Å². The fraction of sp³-hybridized carbons (Fsp3) is 0.450. The van der Waals surface area contributed by atoms with Gasteiger partial charge in [0, 0.05) is 26.7 Å². The van der Waals surface area contributed by atoms with Gasteiger partial charge in [0.05, 0.1) is 23.7 Å². The molecular weight excluding hydrogens is 457 g/mol. The van der Waals surface area contributed by atoms with Gasteiger partial charge in [-0.25, -0.2) is 17.6 Å². The topological polar surface area (TPSA) is 148 Å². The number of aromatic amines is 1. The van der Waals surface area contributed by atoms with Crippen LogP contribution in [0.5, 0.6) is 0 Å². The number of nitrogens with two attached hydrogens (primary N) is 1. The van der Waals surface area contributed by atoms with Crippen LogP contribution in [0.3, 0.4) is 0 Å².